The highest BCUT2D eigenvalue weighted by atomic mass is 32.2. The molecule has 0 spiro atoms. The SMILES string of the molecule is CC[C@H]1SCC(NC)C(=O)NC1C(C)=O. The number of likely N-dealkylation sites (N-methyl/N-ethyl adjacent to an activating group) is 1. The van der Waals surface area contributed by atoms with E-state index in [1.54, 1.807) is 18.8 Å². The van der Waals surface area contributed by atoms with Crippen LogP contribution >= 0.6 is 11.8 Å². The minimum Gasteiger partial charge on any atom is -0.344 e. The van der Waals surface area contributed by atoms with Crippen molar-refractivity contribution in [1.29, 1.82) is 0 Å². The summed E-state index contributed by atoms with van der Waals surface area (Å²) in [6.07, 6.45) is 0.894. The zero-order valence-electron chi connectivity index (χ0n) is 9.37. The van der Waals surface area contributed by atoms with E-state index in [1.807, 2.05) is 6.92 Å². The second-order valence-electron chi connectivity index (χ2n) is 3.72. The van der Waals surface area contributed by atoms with Gasteiger partial charge in [-0.05, 0) is 20.4 Å². The van der Waals surface area contributed by atoms with Gasteiger partial charge >= 0.3 is 0 Å². The van der Waals surface area contributed by atoms with Crippen molar-refractivity contribution < 1.29 is 9.59 Å². The highest BCUT2D eigenvalue weighted by Gasteiger charge is 2.33. The third-order valence-electron chi connectivity index (χ3n) is 2.65. The van der Waals surface area contributed by atoms with E-state index in [2.05, 4.69) is 10.6 Å². The molecular weight excluding hydrogens is 212 g/mol. The molecule has 1 heterocycles. The minimum absolute atomic E-state index is 0.0412. The van der Waals surface area contributed by atoms with Gasteiger partial charge < -0.3 is 10.6 Å². The molecule has 3 atom stereocenters. The van der Waals surface area contributed by atoms with Gasteiger partial charge in [-0.25, -0.2) is 0 Å². The second kappa shape index (κ2) is 5.51. The molecule has 0 aromatic rings. The molecule has 2 unspecified atom stereocenters. The van der Waals surface area contributed by atoms with Crippen molar-refractivity contribution in [3.8, 4) is 0 Å². The Morgan fingerprint density at radius 2 is 2.33 bits per heavy atom. The molecule has 1 saturated heterocycles. The molecule has 1 fully saturated rings. The van der Waals surface area contributed by atoms with Crippen LogP contribution in [-0.4, -0.2) is 41.8 Å². The van der Waals surface area contributed by atoms with Gasteiger partial charge in [-0.2, -0.15) is 11.8 Å². The maximum Gasteiger partial charge on any atom is 0.238 e. The zero-order valence-corrected chi connectivity index (χ0v) is 10.2. The number of carbonyl (C=O) groups is 2. The van der Waals surface area contributed by atoms with Crippen molar-refractivity contribution in [1.82, 2.24) is 10.6 Å². The topological polar surface area (TPSA) is 58.2 Å². The Morgan fingerprint density at radius 3 is 2.80 bits per heavy atom. The number of thioether (sulfide) groups is 1. The molecule has 0 radical (unpaired) electrons. The monoisotopic (exact) mass is 230 g/mol. The first-order chi connectivity index (χ1) is 7.10. The fourth-order valence-electron chi connectivity index (χ4n) is 1.67. The van der Waals surface area contributed by atoms with Crippen LogP contribution in [0.15, 0.2) is 0 Å². The molecule has 0 aromatic heterocycles. The molecule has 0 aromatic carbocycles. The van der Waals surface area contributed by atoms with Crippen molar-refractivity contribution in [2.75, 3.05) is 12.8 Å². The van der Waals surface area contributed by atoms with E-state index in [0.29, 0.717) is 0 Å². The molecule has 4 nitrogen and oxygen atoms in total. The van der Waals surface area contributed by atoms with Gasteiger partial charge in [0.25, 0.3) is 0 Å². The lowest BCUT2D eigenvalue weighted by atomic mass is 10.1. The van der Waals surface area contributed by atoms with Crippen LogP contribution in [-0.2, 0) is 9.59 Å². The molecule has 0 bridgehead atoms. The predicted molar refractivity (Wildman–Crippen MR) is 62.0 cm³/mol. The number of hydrogen-bond acceptors (Lipinski definition) is 4. The fourth-order valence-corrected chi connectivity index (χ4v) is 3.12. The largest absolute Gasteiger partial charge is 0.344 e. The van der Waals surface area contributed by atoms with Crippen molar-refractivity contribution in [2.24, 2.45) is 0 Å². The van der Waals surface area contributed by atoms with Crippen molar-refractivity contribution in [2.45, 2.75) is 37.6 Å². The number of amides is 1. The van der Waals surface area contributed by atoms with Crippen LogP contribution in [0.1, 0.15) is 20.3 Å². The lowest BCUT2D eigenvalue weighted by Crippen LogP contribution is -2.50. The summed E-state index contributed by atoms with van der Waals surface area (Å²) in [7, 11) is 1.76. The van der Waals surface area contributed by atoms with Crippen LogP contribution in [0.4, 0.5) is 0 Å². The highest BCUT2D eigenvalue weighted by molar-refractivity contribution is 8.00. The number of rotatable bonds is 3. The standard InChI is InChI=1S/C10H18N2O2S/c1-4-8-9(6(2)13)12-10(14)7(11-3)5-15-8/h7-9,11H,4-5H2,1-3H3,(H,12,14)/t7?,8-,9?/m1/s1. The van der Waals surface area contributed by atoms with E-state index >= 15 is 0 Å². The molecule has 2 N–H and O–H groups in total. The van der Waals surface area contributed by atoms with E-state index < -0.39 is 0 Å². The number of nitrogens with one attached hydrogen (secondary N) is 2. The quantitative estimate of drug-likeness (QED) is 0.726. The lowest BCUT2D eigenvalue weighted by molar-refractivity contribution is -0.127. The Kier molecular flexibility index (Phi) is 4.60. The van der Waals surface area contributed by atoms with Gasteiger partial charge in [0.15, 0.2) is 5.78 Å². The van der Waals surface area contributed by atoms with E-state index in [-0.39, 0.29) is 29.0 Å². The summed E-state index contributed by atoms with van der Waals surface area (Å²) in [5.41, 5.74) is 0. The lowest BCUT2D eigenvalue weighted by Gasteiger charge is -2.20. The van der Waals surface area contributed by atoms with Crippen LogP contribution in [0.5, 0.6) is 0 Å². The molecule has 1 amide bonds. The number of carbonyl (C=O) groups excluding carboxylic acids is 2. The number of hydrogen-bond donors (Lipinski definition) is 2. The number of ketones is 1. The first-order valence-electron chi connectivity index (χ1n) is 5.19. The Labute approximate surface area is 94.6 Å². The summed E-state index contributed by atoms with van der Waals surface area (Å²) in [4.78, 5) is 23.1. The van der Waals surface area contributed by atoms with Gasteiger partial charge in [0.05, 0.1) is 12.1 Å². The summed E-state index contributed by atoms with van der Waals surface area (Å²) in [6, 6.07) is -0.515. The first-order valence-corrected chi connectivity index (χ1v) is 6.24. The van der Waals surface area contributed by atoms with Crippen LogP contribution < -0.4 is 10.6 Å². The maximum absolute atomic E-state index is 11.7. The second-order valence-corrected chi connectivity index (χ2v) is 4.99. The highest BCUT2D eigenvalue weighted by Crippen LogP contribution is 2.22. The van der Waals surface area contributed by atoms with Crippen LogP contribution in [0, 0.1) is 0 Å². The molecule has 86 valence electrons. The Balaban J connectivity index is 2.78. The van der Waals surface area contributed by atoms with Gasteiger partial charge in [0, 0.05) is 11.0 Å². The zero-order chi connectivity index (χ0) is 11.4. The molecule has 1 aliphatic rings. The maximum atomic E-state index is 11.7. The van der Waals surface area contributed by atoms with Gasteiger partial charge in [-0.15, -0.1) is 0 Å². The van der Waals surface area contributed by atoms with Gasteiger partial charge in [-0.3, -0.25) is 9.59 Å². The Bertz CT molecular complexity index is 258. The predicted octanol–water partition coefficient (Wildman–Crippen LogP) is 0.174. The summed E-state index contributed by atoms with van der Waals surface area (Å²) in [5.74, 6) is 0.700. The van der Waals surface area contributed by atoms with Crippen molar-refractivity contribution >= 4 is 23.5 Å². The molecule has 1 rings (SSSR count). The summed E-state index contributed by atoms with van der Waals surface area (Å²) >= 11 is 1.69. The van der Waals surface area contributed by atoms with Gasteiger partial charge in [-0.1, -0.05) is 6.92 Å². The smallest absolute Gasteiger partial charge is 0.238 e. The average molecular weight is 230 g/mol. The Morgan fingerprint density at radius 1 is 1.67 bits per heavy atom. The minimum atomic E-state index is -0.328. The van der Waals surface area contributed by atoms with Crippen molar-refractivity contribution in [3.05, 3.63) is 0 Å². The van der Waals surface area contributed by atoms with Crippen LogP contribution in [0.25, 0.3) is 0 Å². The molecule has 15 heavy (non-hydrogen) atoms. The van der Waals surface area contributed by atoms with Crippen molar-refractivity contribution in [3.63, 3.8) is 0 Å². The molecule has 0 aliphatic carbocycles. The average Bonchev–Trinajstić information content (AvgIpc) is 2.36. The molecule has 0 saturated carbocycles. The summed E-state index contributed by atoms with van der Waals surface area (Å²) < 4.78 is 0. The number of Topliss-reactive ketones (excluding diaryl/α,β-unsaturated/α-hetero) is 1. The van der Waals surface area contributed by atoms with Crippen LogP contribution in [0.2, 0.25) is 0 Å². The van der Waals surface area contributed by atoms with E-state index in [1.165, 1.54) is 6.92 Å². The fraction of sp³-hybridized carbons (Fsp3) is 0.800. The molecule has 1 aliphatic heterocycles. The first kappa shape index (κ1) is 12.5. The van der Waals surface area contributed by atoms with Crippen LogP contribution in [0.3, 0.4) is 0 Å². The van der Waals surface area contributed by atoms with Gasteiger partial charge in [0.1, 0.15) is 0 Å². The van der Waals surface area contributed by atoms with E-state index in [4.69, 9.17) is 0 Å². The summed E-state index contributed by atoms with van der Waals surface area (Å²) in [5, 5.41) is 5.96. The van der Waals surface area contributed by atoms with Gasteiger partial charge in [0.2, 0.25) is 5.91 Å². The molecule has 5 heteroatoms. The Hall–Kier alpha value is -0.550. The molecular formula is C10H18N2O2S. The van der Waals surface area contributed by atoms with E-state index in [0.717, 1.165) is 12.2 Å². The third kappa shape index (κ3) is 2.95. The normalized spacial score (nSPS) is 31.9. The summed E-state index contributed by atoms with van der Waals surface area (Å²) in [6.45, 7) is 3.58. The third-order valence-corrected chi connectivity index (χ3v) is 4.21. The van der Waals surface area contributed by atoms with E-state index in [9.17, 15) is 9.59 Å².